The van der Waals surface area contributed by atoms with Crippen LogP contribution in [0.15, 0.2) is 65.5 Å². The van der Waals surface area contributed by atoms with Crippen LogP contribution in [-0.2, 0) is 28.9 Å². The average Bonchev–Trinajstić information content (AvgIpc) is 2.88. The van der Waals surface area contributed by atoms with Crippen LogP contribution in [-0.4, -0.2) is 32.6 Å². The predicted molar refractivity (Wildman–Crippen MR) is 152 cm³/mol. The van der Waals surface area contributed by atoms with Crippen LogP contribution in [0.3, 0.4) is 0 Å². The Kier molecular flexibility index (Phi) is 6.63. The maximum absolute atomic E-state index is 13.3. The number of aromatic hydroxyl groups is 1. The number of Topliss-reactive ketones (excluding diaryl/α,β-unsaturated/α-hetero) is 1. The van der Waals surface area contributed by atoms with Gasteiger partial charge in [0.2, 0.25) is 5.78 Å². The molecule has 0 aromatic heterocycles. The van der Waals surface area contributed by atoms with Crippen molar-refractivity contribution in [3.05, 3.63) is 98.8 Å². The quantitative estimate of drug-likeness (QED) is 0.408. The van der Waals surface area contributed by atoms with Gasteiger partial charge >= 0.3 is 0 Å². The van der Waals surface area contributed by atoms with E-state index in [0.29, 0.717) is 17.7 Å². The van der Waals surface area contributed by atoms with E-state index in [9.17, 15) is 24.9 Å². The van der Waals surface area contributed by atoms with Crippen LogP contribution in [0.4, 0.5) is 0 Å². The van der Waals surface area contributed by atoms with E-state index in [2.05, 4.69) is 30.9 Å². The zero-order valence-electron chi connectivity index (χ0n) is 22.7. The van der Waals surface area contributed by atoms with Gasteiger partial charge in [-0.2, -0.15) is 0 Å². The standard InChI is InChI=1S/C33H35NO5/c1-5-21-13-20(10-12-26(21)35)7-6-8-22-11-9-17(2)28-18(3)29-19(4)33(39)24(14-23(29)15-25(22)28)16-27(36)30(31(33)37)32(34)38/h6,8-13,23-24,35-36,39H,3,5,7,14-16H2,1-2,4H3,(H2,34,38)/b8-6-/t23-,24+,33-/m1/s1. The third kappa shape index (κ3) is 4.14. The molecule has 0 spiro atoms. The maximum Gasteiger partial charge on any atom is 0.255 e. The van der Waals surface area contributed by atoms with Gasteiger partial charge in [0, 0.05) is 12.3 Å². The van der Waals surface area contributed by atoms with E-state index in [1.807, 2.05) is 26.0 Å². The van der Waals surface area contributed by atoms with Crippen molar-refractivity contribution in [2.45, 2.75) is 58.5 Å². The summed E-state index contributed by atoms with van der Waals surface area (Å²) in [5, 5.41) is 32.2. The molecule has 3 atom stereocenters. The summed E-state index contributed by atoms with van der Waals surface area (Å²) < 4.78 is 0. The first kappa shape index (κ1) is 26.7. The number of phenols is 1. The van der Waals surface area contributed by atoms with E-state index in [0.717, 1.165) is 58.2 Å². The summed E-state index contributed by atoms with van der Waals surface area (Å²) in [5.74, 6) is -2.40. The molecular formula is C33H35NO5. The molecule has 6 nitrogen and oxygen atoms in total. The van der Waals surface area contributed by atoms with E-state index < -0.39 is 28.8 Å². The number of phenolic OH excluding ortho intramolecular Hbond substituents is 1. The number of amides is 1. The lowest BCUT2D eigenvalue weighted by molar-refractivity contribution is -0.140. The number of carbonyl (C=O) groups excluding carboxylic acids is 2. The average molecular weight is 526 g/mol. The molecular weight excluding hydrogens is 490 g/mol. The van der Waals surface area contributed by atoms with E-state index in [1.54, 1.807) is 13.0 Å². The highest BCUT2D eigenvalue weighted by atomic mass is 16.3. The lowest BCUT2D eigenvalue weighted by atomic mass is 9.57. The van der Waals surface area contributed by atoms with Crippen LogP contribution >= 0.6 is 0 Å². The molecule has 3 aliphatic rings. The van der Waals surface area contributed by atoms with Crippen molar-refractivity contribution < 1.29 is 24.9 Å². The van der Waals surface area contributed by atoms with Crippen LogP contribution in [0.1, 0.15) is 60.1 Å². The number of allylic oxidation sites excluding steroid dienone is 4. The SMILES string of the molecule is C=C1C2=C(C)[C@]3(O)C(=O)C(C(N)=O)=C(O)C[C@@H]3C[C@@H]2Cc2c(/C=C\Cc3ccc(O)c(CC)c3)ccc(C)c21. The normalized spacial score (nSPS) is 24.6. The number of aryl methyl sites for hydroxylation is 2. The molecule has 3 aliphatic carbocycles. The molecule has 6 heteroatoms. The Balaban J connectivity index is 1.52. The molecule has 0 unspecified atom stereocenters. The first-order chi connectivity index (χ1) is 18.5. The molecule has 39 heavy (non-hydrogen) atoms. The van der Waals surface area contributed by atoms with Crippen molar-refractivity contribution in [1.82, 2.24) is 0 Å². The molecule has 5 N–H and O–H groups in total. The number of nitrogens with two attached hydrogens (primary N) is 1. The highest BCUT2D eigenvalue weighted by Gasteiger charge is 2.56. The van der Waals surface area contributed by atoms with Crippen molar-refractivity contribution in [1.29, 1.82) is 0 Å². The number of aliphatic hydroxyl groups excluding tert-OH is 1. The van der Waals surface area contributed by atoms with Gasteiger partial charge in [-0.15, -0.1) is 0 Å². The number of aliphatic hydroxyl groups is 2. The Morgan fingerprint density at radius 2 is 1.92 bits per heavy atom. The highest BCUT2D eigenvalue weighted by Crippen LogP contribution is 2.54. The molecule has 1 amide bonds. The van der Waals surface area contributed by atoms with E-state index >= 15 is 0 Å². The Morgan fingerprint density at radius 3 is 2.62 bits per heavy atom. The zero-order chi connectivity index (χ0) is 28.2. The largest absolute Gasteiger partial charge is 0.511 e. The summed E-state index contributed by atoms with van der Waals surface area (Å²) in [4.78, 5) is 25.3. The summed E-state index contributed by atoms with van der Waals surface area (Å²) in [6.45, 7) is 10.2. The summed E-state index contributed by atoms with van der Waals surface area (Å²) in [5.41, 5.74) is 11.6. The van der Waals surface area contributed by atoms with Gasteiger partial charge in [-0.1, -0.05) is 49.9 Å². The number of rotatable bonds is 5. The number of fused-ring (bicyclic) bond motifs is 3. The van der Waals surface area contributed by atoms with Crippen molar-refractivity contribution in [3.8, 4) is 5.75 Å². The second kappa shape index (κ2) is 9.69. The Morgan fingerprint density at radius 1 is 1.18 bits per heavy atom. The van der Waals surface area contributed by atoms with Crippen LogP contribution in [0.5, 0.6) is 5.75 Å². The lowest BCUT2D eigenvalue weighted by Gasteiger charge is -2.48. The van der Waals surface area contributed by atoms with Crippen molar-refractivity contribution in [2.75, 3.05) is 0 Å². The van der Waals surface area contributed by atoms with Gasteiger partial charge in [-0.05, 0) is 102 Å². The fourth-order valence-electron chi connectivity index (χ4n) is 6.93. The Labute approximate surface area is 228 Å². The molecule has 0 fully saturated rings. The third-order valence-electron chi connectivity index (χ3n) is 8.90. The van der Waals surface area contributed by atoms with E-state index in [4.69, 9.17) is 5.73 Å². The first-order valence-electron chi connectivity index (χ1n) is 13.5. The fraction of sp³-hybridized carbons (Fsp3) is 0.333. The number of hydrogen-bond donors (Lipinski definition) is 4. The van der Waals surface area contributed by atoms with Crippen LogP contribution in [0.2, 0.25) is 0 Å². The number of primary amides is 1. The van der Waals surface area contributed by atoms with Crippen molar-refractivity contribution in [3.63, 3.8) is 0 Å². The summed E-state index contributed by atoms with van der Waals surface area (Å²) in [6, 6.07) is 9.90. The van der Waals surface area contributed by atoms with Crippen molar-refractivity contribution in [2.24, 2.45) is 17.6 Å². The van der Waals surface area contributed by atoms with Gasteiger partial charge in [-0.25, -0.2) is 0 Å². The lowest BCUT2D eigenvalue weighted by Crippen LogP contribution is -2.56. The molecule has 5 rings (SSSR count). The topological polar surface area (TPSA) is 121 Å². The van der Waals surface area contributed by atoms with Gasteiger partial charge < -0.3 is 21.1 Å². The second-order valence-corrected chi connectivity index (χ2v) is 11.1. The monoisotopic (exact) mass is 525 g/mol. The number of ketones is 1. The first-order valence-corrected chi connectivity index (χ1v) is 13.5. The molecule has 0 radical (unpaired) electrons. The van der Waals surface area contributed by atoms with Gasteiger partial charge in [0.1, 0.15) is 17.1 Å². The van der Waals surface area contributed by atoms with E-state index in [-0.39, 0.29) is 18.1 Å². The predicted octanol–water partition coefficient (Wildman–Crippen LogP) is 5.04. The minimum absolute atomic E-state index is 0.0177. The summed E-state index contributed by atoms with van der Waals surface area (Å²) in [7, 11) is 0. The molecule has 0 saturated carbocycles. The van der Waals surface area contributed by atoms with Crippen molar-refractivity contribution >= 4 is 23.3 Å². The maximum atomic E-state index is 13.3. The smallest absolute Gasteiger partial charge is 0.255 e. The van der Waals surface area contributed by atoms with Crippen LogP contribution in [0, 0.1) is 18.8 Å². The van der Waals surface area contributed by atoms with Gasteiger partial charge in [0.05, 0.1) is 0 Å². The molecule has 0 heterocycles. The second-order valence-electron chi connectivity index (χ2n) is 11.1. The molecule has 0 aliphatic heterocycles. The number of hydrogen-bond acceptors (Lipinski definition) is 5. The summed E-state index contributed by atoms with van der Waals surface area (Å²) in [6.07, 6.45) is 6.98. The van der Waals surface area contributed by atoms with Gasteiger partial charge in [0.25, 0.3) is 5.91 Å². The number of benzene rings is 2. The molecule has 0 bridgehead atoms. The van der Waals surface area contributed by atoms with Crippen LogP contribution in [0.25, 0.3) is 11.6 Å². The summed E-state index contributed by atoms with van der Waals surface area (Å²) >= 11 is 0. The molecule has 202 valence electrons. The number of carbonyl (C=O) groups is 2. The Bertz CT molecular complexity index is 1520. The zero-order valence-corrected chi connectivity index (χ0v) is 22.7. The molecule has 2 aromatic rings. The van der Waals surface area contributed by atoms with Gasteiger partial charge in [0.15, 0.2) is 5.60 Å². The minimum atomic E-state index is -1.89. The van der Waals surface area contributed by atoms with Crippen LogP contribution < -0.4 is 5.73 Å². The minimum Gasteiger partial charge on any atom is -0.511 e. The molecule has 2 aromatic carbocycles. The fourth-order valence-corrected chi connectivity index (χ4v) is 6.93. The third-order valence-corrected chi connectivity index (χ3v) is 8.90. The molecule has 0 saturated heterocycles. The van der Waals surface area contributed by atoms with Gasteiger partial charge in [-0.3, -0.25) is 9.59 Å². The van der Waals surface area contributed by atoms with E-state index in [1.165, 1.54) is 5.56 Å². The Hall–Kier alpha value is -3.90. The highest BCUT2D eigenvalue weighted by molar-refractivity contribution is 6.24.